The topological polar surface area (TPSA) is 54.0 Å². The molecule has 102 valence electrons. The predicted molar refractivity (Wildman–Crippen MR) is 67.2 cm³/mol. The highest BCUT2D eigenvalue weighted by atomic mass is 16.5. The van der Waals surface area contributed by atoms with E-state index in [2.05, 4.69) is 17.1 Å². The van der Waals surface area contributed by atoms with Gasteiger partial charge in [-0.15, -0.1) is 0 Å². The predicted octanol–water partition coefficient (Wildman–Crippen LogP) is -0.307. The summed E-state index contributed by atoms with van der Waals surface area (Å²) in [4.78, 5) is 2.35. The van der Waals surface area contributed by atoms with Gasteiger partial charge in [-0.1, -0.05) is 0 Å². The number of β-amino-alcohol motifs (C(OH)–C–C–N with tert-alkyl or cyclic N) is 1. The quantitative estimate of drug-likeness (QED) is 0.615. The van der Waals surface area contributed by atoms with Gasteiger partial charge in [0.15, 0.2) is 0 Å². The maximum Gasteiger partial charge on any atom is 0.0680 e. The van der Waals surface area contributed by atoms with E-state index in [-0.39, 0.29) is 6.10 Å². The Morgan fingerprint density at radius 1 is 1.41 bits per heavy atom. The van der Waals surface area contributed by atoms with Crippen LogP contribution in [0.3, 0.4) is 0 Å². The van der Waals surface area contributed by atoms with Crippen LogP contribution in [0.2, 0.25) is 0 Å². The summed E-state index contributed by atoms with van der Waals surface area (Å²) in [6.45, 7) is 6.15. The number of rotatable bonds is 8. The fraction of sp³-hybridized carbons (Fsp3) is 1.00. The zero-order chi connectivity index (χ0) is 12.7. The molecule has 1 heterocycles. The van der Waals surface area contributed by atoms with Crippen molar-refractivity contribution >= 4 is 0 Å². The van der Waals surface area contributed by atoms with Crippen LogP contribution in [-0.2, 0) is 9.47 Å². The van der Waals surface area contributed by atoms with Crippen LogP contribution in [0.1, 0.15) is 13.3 Å². The lowest BCUT2D eigenvalue weighted by Gasteiger charge is -2.30. The van der Waals surface area contributed by atoms with Gasteiger partial charge in [-0.3, -0.25) is 4.90 Å². The van der Waals surface area contributed by atoms with Crippen molar-refractivity contribution in [2.45, 2.75) is 31.5 Å². The second-order valence-corrected chi connectivity index (χ2v) is 4.79. The number of nitrogens with zero attached hydrogens (tertiary/aromatic N) is 1. The van der Waals surface area contributed by atoms with Gasteiger partial charge >= 0.3 is 0 Å². The maximum absolute atomic E-state index is 9.50. The van der Waals surface area contributed by atoms with E-state index < -0.39 is 0 Å². The fourth-order valence-electron chi connectivity index (χ4n) is 2.27. The summed E-state index contributed by atoms with van der Waals surface area (Å²) >= 11 is 0. The van der Waals surface area contributed by atoms with Gasteiger partial charge < -0.3 is 19.9 Å². The largest absolute Gasteiger partial charge is 0.392 e. The van der Waals surface area contributed by atoms with Crippen LogP contribution >= 0.6 is 0 Å². The van der Waals surface area contributed by atoms with E-state index in [4.69, 9.17) is 9.47 Å². The normalized spacial score (nSPS) is 26.6. The summed E-state index contributed by atoms with van der Waals surface area (Å²) in [6, 6.07) is 0.746. The van der Waals surface area contributed by atoms with E-state index in [0.29, 0.717) is 18.6 Å². The molecule has 0 radical (unpaired) electrons. The van der Waals surface area contributed by atoms with Crippen molar-refractivity contribution in [2.75, 3.05) is 47.1 Å². The minimum absolute atomic E-state index is 0.193. The van der Waals surface area contributed by atoms with Gasteiger partial charge in [0, 0.05) is 45.9 Å². The zero-order valence-electron chi connectivity index (χ0n) is 11.2. The first-order chi connectivity index (χ1) is 8.17. The summed E-state index contributed by atoms with van der Waals surface area (Å²) in [5, 5.41) is 12.8. The molecular formula is C12H26N2O3. The minimum atomic E-state index is -0.193. The molecule has 0 bridgehead atoms. The molecule has 0 aliphatic carbocycles. The molecular weight excluding hydrogens is 220 g/mol. The Bertz CT molecular complexity index is 204. The van der Waals surface area contributed by atoms with E-state index in [9.17, 15) is 5.11 Å². The van der Waals surface area contributed by atoms with Crippen LogP contribution < -0.4 is 5.32 Å². The van der Waals surface area contributed by atoms with Crippen LogP contribution in [0.5, 0.6) is 0 Å². The second kappa shape index (κ2) is 8.00. The average molecular weight is 246 g/mol. The van der Waals surface area contributed by atoms with Crippen LogP contribution in [0.4, 0.5) is 0 Å². The van der Waals surface area contributed by atoms with Gasteiger partial charge in [-0.25, -0.2) is 0 Å². The van der Waals surface area contributed by atoms with Crippen molar-refractivity contribution in [3.8, 4) is 0 Å². The summed E-state index contributed by atoms with van der Waals surface area (Å²) in [5.74, 6) is 0. The van der Waals surface area contributed by atoms with Crippen molar-refractivity contribution in [1.82, 2.24) is 10.2 Å². The Morgan fingerprint density at radius 2 is 2.18 bits per heavy atom. The number of ether oxygens (including phenoxy) is 2. The van der Waals surface area contributed by atoms with E-state index in [1.54, 1.807) is 14.2 Å². The number of aliphatic hydroxyl groups is 1. The first-order valence-electron chi connectivity index (χ1n) is 6.30. The SMILES string of the molecule is COCCN(CC1CC(O)CN1)C(C)COC. The third-order valence-electron chi connectivity index (χ3n) is 3.27. The summed E-state index contributed by atoms with van der Waals surface area (Å²) in [6.07, 6.45) is 0.644. The van der Waals surface area contributed by atoms with Gasteiger partial charge in [-0.2, -0.15) is 0 Å². The molecule has 0 aromatic heterocycles. The molecule has 2 N–H and O–H groups in total. The van der Waals surface area contributed by atoms with Crippen LogP contribution in [0.25, 0.3) is 0 Å². The molecule has 0 saturated carbocycles. The summed E-state index contributed by atoms with van der Waals surface area (Å²) < 4.78 is 10.3. The van der Waals surface area contributed by atoms with Crippen molar-refractivity contribution in [2.24, 2.45) is 0 Å². The highest BCUT2D eigenvalue weighted by Gasteiger charge is 2.25. The Kier molecular flexibility index (Phi) is 6.99. The highest BCUT2D eigenvalue weighted by molar-refractivity contribution is 4.84. The third-order valence-corrected chi connectivity index (χ3v) is 3.27. The van der Waals surface area contributed by atoms with Gasteiger partial charge in [-0.05, 0) is 13.3 Å². The fourth-order valence-corrected chi connectivity index (χ4v) is 2.27. The molecule has 1 saturated heterocycles. The number of nitrogens with one attached hydrogen (secondary N) is 1. The lowest BCUT2D eigenvalue weighted by atomic mass is 10.1. The first kappa shape index (κ1) is 14.9. The molecule has 1 aliphatic heterocycles. The molecule has 0 spiro atoms. The van der Waals surface area contributed by atoms with Gasteiger partial charge in [0.2, 0.25) is 0 Å². The molecule has 0 aromatic rings. The minimum Gasteiger partial charge on any atom is -0.392 e. The molecule has 0 amide bonds. The Labute approximate surface area is 104 Å². The molecule has 3 unspecified atom stereocenters. The smallest absolute Gasteiger partial charge is 0.0680 e. The van der Waals surface area contributed by atoms with Crippen LogP contribution in [0.15, 0.2) is 0 Å². The molecule has 17 heavy (non-hydrogen) atoms. The van der Waals surface area contributed by atoms with Crippen molar-refractivity contribution < 1.29 is 14.6 Å². The van der Waals surface area contributed by atoms with Gasteiger partial charge in [0.05, 0.1) is 19.3 Å². The lowest BCUT2D eigenvalue weighted by Crippen LogP contribution is -2.45. The van der Waals surface area contributed by atoms with Crippen molar-refractivity contribution in [3.05, 3.63) is 0 Å². The van der Waals surface area contributed by atoms with Crippen LogP contribution in [-0.4, -0.2) is 75.3 Å². The van der Waals surface area contributed by atoms with Crippen molar-refractivity contribution in [1.29, 1.82) is 0 Å². The Hall–Kier alpha value is -0.200. The molecule has 1 fully saturated rings. The van der Waals surface area contributed by atoms with Gasteiger partial charge in [0.1, 0.15) is 0 Å². The monoisotopic (exact) mass is 246 g/mol. The Morgan fingerprint density at radius 3 is 2.71 bits per heavy atom. The van der Waals surface area contributed by atoms with Crippen molar-refractivity contribution in [3.63, 3.8) is 0 Å². The van der Waals surface area contributed by atoms with E-state index in [0.717, 1.165) is 32.7 Å². The molecule has 1 aliphatic rings. The third kappa shape index (κ3) is 5.31. The summed E-state index contributed by atoms with van der Waals surface area (Å²) in [7, 11) is 3.44. The standard InChI is InChI=1S/C12H26N2O3/c1-10(9-17-3)14(4-5-16-2)8-11-6-12(15)7-13-11/h10-13,15H,4-9H2,1-3H3. The molecule has 0 aromatic carbocycles. The van der Waals surface area contributed by atoms with Gasteiger partial charge in [0.25, 0.3) is 0 Å². The number of hydrogen-bond donors (Lipinski definition) is 2. The first-order valence-corrected chi connectivity index (χ1v) is 6.30. The lowest BCUT2D eigenvalue weighted by molar-refractivity contribution is 0.0691. The molecule has 1 rings (SSSR count). The molecule has 5 nitrogen and oxygen atoms in total. The number of hydrogen-bond acceptors (Lipinski definition) is 5. The number of methoxy groups -OCH3 is 2. The highest BCUT2D eigenvalue weighted by Crippen LogP contribution is 2.10. The zero-order valence-corrected chi connectivity index (χ0v) is 11.2. The van der Waals surface area contributed by atoms with E-state index >= 15 is 0 Å². The Balaban J connectivity index is 2.38. The number of aliphatic hydroxyl groups excluding tert-OH is 1. The summed E-state index contributed by atoms with van der Waals surface area (Å²) in [5.41, 5.74) is 0. The van der Waals surface area contributed by atoms with Crippen LogP contribution in [0, 0.1) is 0 Å². The van der Waals surface area contributed by atoms with E-state index in [1.165, 1.54) is 0 Å². The maximum atomic E-state index is 9.50. The molecule has 5 heteroatoms. The van der Waals surface area contributed by atoms with E-state index in [1.807, 2.05) is 0 Å². The second-order valence-electron chi connectivity index (χ2n) is 4.79. The molecule has 3 atom stereocenters. The average Bonchev–Trinajstić information content (AvgIpc) is 2.70.